The third kappa shape index (κ3) is 2.50. The summed E-state index contributed by atoms with van der Waals surface area (Å²) in [6, 6.07) is 1.28. The van der Waals surface area contributed by atoms with Gasteiger partial charge in [0.05, 0.1) is 0 Å². The van der Waals surface area contributed by atoms with E-state index in [9.17, 15) is 4.79 Å². The van der Waals surface area contributed by atoms with Gasteiger partial charge in [-0.2, -0.15) is 0 Å². The molecule has 2 aliphatic rings. The van der Waals surface area contributed by atoms with Crippen molar-refractivity contribution in [2.75, 3.05) is 26.7 Å². The number of rotatable bonds is 3. The highest BCUT2D eigenvalue weighted by Gasteiger charge is 2.35. The molecule has 0 aromatic rings. The Morgan fingerprint density at radius 1 is 1.44 bits per heavy atom. The number of carbonyl (C=O) groups is 1. The van der Waals surface area contributed by atoms with E-state index in [4.69, 9.17) is 16.7 Å². The first-order chi connectivity index (χ1) is 7.58. The first-order valence-corrected chi connectivity index (χ1v) is 6.32. The molecule has 0 spiro atoms. The molecule has 0 radical (unpaired) electrons. The van der Waals surface area contributed by atoms with Gasteiger partial charge in [0.15, 0.2) is 0 Å². The number of hydrogen-bond donors (Lipinski definition) is 1. The summed E-state index contributed by atoms with van der Waals surface area (Å²) in [4.78, 5) is 15.4. The van der Waals surface area contributed by atoms with Gasteiger partial charge < -0.3 is 5.11 Å². The molecule has 3 atom stereocenters. The minimum Gasteiger partial charge on any atom is -0.480 e. The lowest BCUT2D eigenvalue weighted by molar-refractivity contribution is -0.137. The average Bonchev–Trinajstić information content (AvgIpc) is 2.46. The molecule has 2 rings (SSSR count). The Balaban J connectivity index is 1.91. The van der Waals surface area contributed by atoms with Crippen molar-refractivity contribution in [3.63, 3.8) is 0 Å². The van der Waals surface area contributed by atoms with Crippen LogP contribution in [-0.4, -0.2) is 65.0 Å². The van der Waals surface area contributed by atoms with Crippen LogP contribution in [0.4, 0.5) is 0 Å². The Bertz CT molecular complexity index is 275. The molecule has 5 heteroatoms. The van der Waals surface area contributed by atoms with Crippen molar-refractivity contribution < 1.29 is 9.90 Å². The largest absolute Gasteiger partial charge is 0.480 e. The van der Waals surface area contributed by atoms with Crippen LogP contribution in [0.1, 0.15) is 19.3 Å². The summed E-state index contributed by atoms with van der Waals surface area (Å²) in [5.74, 6) is -0.913. The summed E-state index contributed by atoms with van der Waals surface area (Å²) in [7, 11) is 2.18. The summed E-state index contributed by atoms with van der Waals surface area (Å²) in [5.41, 5.74) is 0. The average molecular weight is 247 g/mol. The summed E-state index contributed by atoms with van der Waals surface area (Å²) >= 11 is 5.79. The Morgan fingerprint density at radius 2 is 2.12 bits per heavy atom. The zero-order valence-electron chi connectivity index (χ0n) is 9.60. The molecule has 0 saturated carbocycles. The fourth-order valence-corrected chi connectivity index (χ4v) is 3.04. The number of fused-ring (bicyclic) bond motifs is 2. The lowest BCUT2D eigenvalue weighted by atomic mass is 10.1. The van der Waals surface area contributed by atoms with Gasteiger partial charge in [-0.3, -0.25) is 14.6 Å². The van der Waals surface area contributed by atoms with Gasteiger partial charge in [-0.1, -0.05) is 0 Å². The van der Waals surface area contributed by atoms with Gasteiger partial charge in [0, 0.05) is 25.2 Å². The number of halogens is 1. The third-order valence-corrected chi connectivity index (χ3v) is 4.24. The number of carboxylic acid groups (broad SMARTS) is 1. The Labute approximate surface area is 101 Å². The van der Waals surface area contributed by atoms with Crippen LogP contribution >= 0.6 is 11.6 Å². The molecular formula is C11H19ClN2O2. The van der Waals surface area contributed by atoms with E-state index in [1.807, 2.05) is 0 Å². The van der Waals surface area contributed by atoms with Crippen molar-refractivity contribution >= 4 is 17.6 Å². The van der Waals surface area contributed by atoms with Crippen molar-refractivity contribution in [3.05, 3.63) is 0 Å². The van der Waals surface area contributed by atoms with Gasteiger partial charge in [-0.05, 0) is 32.9 Å². The van der Waals surface area contributed by atoms with Crippen LogP contribution < -0.4 is 0 Å². The lowest BCUT2D eigenvalue weighted by Crippen LogP contribution is -2.40. The maximum atomic E-state index is 10.7. The number of likely N-dealkylation sites (tertiary alicyclic amines) is 1. The molecule has 2 bridgehead atoms. The van der Waals surface area contributed by atoms with Crippen LogP contribution in [-0.2, 0) is 4.79 Å². The van der Waals surface area contributed by atoms with E-state index < -0.39 is 11.3 Å². The van der Waals surface area contributed by atoms with Gasteiger partial charge in [0.1, 0.15) is 5.38 Å². The monoisotopic (exact) mass is 246 g/mol. The van der Waals surface area contributed by atoms with Crippen LogP contribution in [0.5, 0.6) is 0 Å². The molecule has 92 valence electrons. The molecular weight excluding hydrogens is 228 g/mol. The first kappa shape index (κ1) is 12.1. The van der Waals surface area contributed by atoms with Crippen LogP contribution in [0.15, 0.2) is 0 Å². The molecule has 3 unspecified atom stereocenters. The molecule has 2 heterocycles. The maximum absolute atomic E-state index is 10.7. The normalized spacial score (nSPS) is 33.6. The van der Waals surface area contributed by atoms with E-state index >= 15 is 0 Å². The second-order valence-electron chi connectivity index (χ2n) is 4.90. The zero-order chi connectivity index (χ0) is 11.7. The second-order valence-corrected chi connectivity index (χ2v) is 5.43. The van der Waals surface area contributed by atoms with E-state index in [0.29, 0.717) is 18.6 Å². The fourth-order valence-electron chi connectivity index (χ4n) is 2.85. The highest BCUT2D eigenvalue weighted by Crippen LogP contribution is 2.28. The highest BCUT2D eigenvalue weighted by molar-refractivity contribution is 6.29. The number of likely N-dealkylation sites (N-methyl/N-ethyl adjacent to an activating group) is 1. The molecule has 0 aromatic heterocycles. The number of aliphatic carboxylic acids is 1. The number of alkyl halides is 1. The molecule has 2 aliphatic heterocycles. The third-order valence-electron chi connectivity index (χ3n) is 3.92. The number of carboxylic acids is 1. The van der Waals surface area contributed by atoms with E-state index in [1.165, 1.54) is 12.8 Å². The van der Waals surface area contributed by atoms with Crippen molar-refractivity contribution in [2.45, 2.75) is 36.7 Å². The quantitative estimate of drug-likeness (QED) is 0.750. The van der Waals surface area contributed by atoms with E-state index in [0.717, 1.165) is 19.5 Å². The van der Waals surface area contributed by atoms with E-state index in [1.54, 1.807) is 0 Å². The smallest absolute Gasteiger partial charge is 0.322 e. The minimum absolute atomic E-state index is 0.466. The van der Waals surface area contributed by atoms with Gasteiger partial charge in [-0.15, -0.1) is 11.6 Å². The molecule has 0 amide bonds. The summed E-state index contributed by atoms with van der Waals surface area (Å²) in [6.07, 6.45) is 3.66. The standard InChI is InChI=1S/C11H19ClN2O2/c1-13-8-2-3-9(13)6-14(5-4-8)7-10(12)11(15)16/h8-10H,2-7H2,1H3,(H,15,16). The highest BCUT2D eigenvalue weighted by atomic mass is 35.5. The van der Waals surface area contributed by atoms with E-state index in [-0.39, 0.29) is 0 Å². The second kappa shape index (κ2) is 4.90. The van der Waals surface area contributed by atoms with Crippen LogP contribution in [0.2, 0.25) is 0 Å². The van der Waals surface area contributed by atoms with Crippen molar-refractivity contribution in [1.29, 1.82) is 0 Å². The summed E-state index contributed by atoms with van der Waals surface area (Å²) in [6.45, 7) is 2.40. The Morgan fingerprint density at radius 3 is 2.81 bits per heavy atom. The first-order valence-electron chi connectivity index (χ1n) is 5.89. The van der Waals surface area contributed by atoms with Crippen LogP contribution in [0.25, 0.3) is 0 Å². The minimum atomic E-state index is -0.913. The topological polar surface area (TPSA) is 43.8 Å². The van der Waals surface area contributed by atoms with Crippen molar-refractivity contribution in [2.24, 2.45) is 0 Å². The molecule has 0 aromatic carbocycles. The maximum Gasteiger partial charge on any atom is 0.322 e. The van der Waals surface area contributed by atoms with Gasteiger partial charge >= 0.3 is 5.97 Å². The Hall–Kier alpha value is -0.320. The predicted octanol–water partition coefficient (Wildman–Crippen LogP) is 0.847. The molecule has 2 fully saturated rings. The number of nitrogens with zero attached hydrogens (tertiary/aromatic N) is 2. The molecule has 4 nitrogen and oxygen atoms in total. The summed E-state index contributed by atoms with van der Waals surface area (Å²) in [5, 5.41) is 8.02. The fraction of sp³-hybridized carbons (Fsp3) is 0.909. The molecule has 1 N–H and O–H groups in total. The molecule has 16 heavy (non-hydrogen) atoms. The van der Waals surface area contributed by atoms with E-state index in [2.05, 4.69) is 16.8 Å². The molecule has 0 aliphatic carbocycles. The zero-order valence-corrected chi connectivity index (χ0v) is 10.4. The van der Waals surface area contributed by atoms with Crippen LogP contribution in [0.3, 0.4) is 0 Å². The van der Waals surface area contributed by atoms with Crippen molar-refractivity contribution in [3.8, 4) is 0 Å². The Kier molecular flexibility index (Phi) is 3.72. The van der Waals surface area contributed by atoms with Gasteiger partial charge in [0.25, 0.3) is 0 Å². The van der Waals surface area contributed by atoms with Crippen LogP contribution in [0, 0.1) is 0 Å². The molecule has 2 saturated heterocycles. The number of hydrogen-bond acceptors (Lipinski definition) is 3. The summed E-state index contributed by atoms with van der Waals surface area (Å²) < 4.78 is 0. The predicted molar refractivity (Wildman–Crippen MR) is 62.9 cm³/mol. The van der Waals surface area contributed by atoms with Gasteiger partial charge in [0.2, 0.25) is 0 Å². The van der Waals surface area contributed by atoms with Gasteiger partial charge in [-0.25, -0.2) is 0 Å². The lowest BCUT2D eigenvalue weighted by Gasteiger charge is -2.26. The SMILES string of the molecule is CN1C2CCC1CN(CC(Cl)C(=O)O)CC2. The van der Waals surface area contributed by atoms with Crippen molar-refractivity contribution in [1.82, 2.24) is 9.80 Å².